The van der Waals surface area contributed by atoms with Crippen LogP contribution in [0.3, 0.4) is 0 Å². The Kier molecular flexibility index (Phi) is 8.33. The maximum atomic E-state index is 13.0. The molecule has 2 fully saturated rings. The Morgan fingerprint density at radius 2 is 1.24 bits per heavy atom. The number of anilines is 2. The Hall–Kier alpha value is -3.28. The standard InChI is InChI=1S/C20H26N10O13P2/c21-15-9-17(25-3-23-15)29(5-27-9)19-12(32)11(31)7(41-19)1-40-45(37,38)43-14-8(2-39-44(34,35)36)42-20(13(14)33)30-6-28-10-16(22)24-4-26-18(10)30/h3-8,11-14,19-20,31-33H,1-2H2,(H,37,38)(H2,21,23,25)(H2,22,24,26)(H2,34,35,36). The highest BCUT2D eigenvalue weighted by Crippen LogP contribution is 2.50. The third-order valence-corrected chi connectivity index (χ3v) is 8.50. The lowest BCUT2D eigenvalue weighted by molar-refractivity contribution is -0.0582. The number of hydrogen-bond acceptors (Lipinski definition) is 18. The van der Waals surface area contributed by atoms with Gasteiger partial charge in [0, 0.05) is 0 Å². The van der Waals surface area contributed by atoms with E-state index in [9.17, 15) is 39.1 Å². The molecule has 4 aromatic heterocycles. The molecule has 244 valence electrons. The van der Waals surface area contributed by atoms with E-state index < -0.39 is 77.9 Å². The number of aliphatic hydroxyl groups excluding tert-OH is 3. The van der Waals surface area contributed by atoms with Crippen LogP contribution in [0.5, 0.6) is 0 Å². The second-order valence-corrected chi connectivity index (χ2v) is 12.5. The van der Waals surface area contributed by atoms with Gasteiger partial charge < -0.3 is 50.9 Å². The van der Waals surface area contributed by atoms with E-state index in [-0.39, 0.29) is 34.0 Å². The van der Waals surface area contributed by atoms with Crippen LogP contribution in [-0.4, -0.2) is 119 Å². The van der Waals surface area contributed by atoms with Crippen LogP contribution in [0.2, 0.25) is 0 Å². The maximum absolute atomic E-state index is 13.0. The number of aliphatic hydroxyl groups is 3. The van der Waals surface area contributed by atoms with Crippen LogP contribution in [0.25, 0.3) is 22.3 Å². The summed E-state index contributed by atoms with van der Waals surface area (Å²) < 4.78 is 52.9. The Balaban J connectivity index is 1.17. The minimum absolute atomic E-state index is 0.0102. The first-order valence-electron chi connectivity index (χ1n) is 12.8. The highest BCUT2D eigenvalue weighted by Gasteiger charge is 2.51. The zero-order chi connectivity index (χ0) is 32.3. The van der Waals surface area contributed by atoms with Crippen molar-refractivity contribution in [3.8, 4) is 0 Å². The zero-order valence-corrected chi connectivity index (χ0v) is 24.3. The van der Waals surface area contributed by atoms with Gasteiger partial charge in [0.15, 0.2) is 35.4 Å². The van der Waals surface area contributed by atoms with Crippen molar-refractivity contribution < 1.29 is 62.2 Å². The number of fused-ring (bicyclic) bond motifs is 2. The van der Waals surface area contributed by atoms with Crippen LogP contribution < -0.4 is 11.5 Å². The first kappa shape index (κ1) is 31.7. The van der Waals surface area contributed by atoms with E-state index in [1.165, 1.54) is 21.8 Å². The van der Waals surface area contributed by atoms with E-state index in [4.69, 9.17) is 30.0 Å². The molecule has 6 rings (SSSR count). The number of phosphoric acid groups is 2. The van der Waals surface area contributed by atoms with E-state index in [0.29, 0.717) is 0 Å². The summed E-state index contributed by atoms with van der Waals surface area (Å²) in [5.74, 6) is 0.0736. The minimum atomic E-state index is -5.15. The maximum Gasteiger partial charge on any atom is 0.472 e. The van der Waals surface area contributed by atoms with E-state index in [1.54, 1.807) is 0 Å². The summed E-state index contributed by atoms with van der Waals surface area (Å²) in [7, 11) is -10.2. The number of nitrogens with zero attached hydrogens (tertiary/aromatic N) is 8. The van der Waals surface area contributed by atoms with Crippen molar-refractivity contribution >= 4 is 49.6 Å². The number of imidazole rings is 2. The second kappa shape index (κ2) is 11.8. The average molecular weight is 676 g/mol. The molecule has 2 aliphatic heterocycles. The normalized spacial score (nSPS) is 30.4. The molecule has 0 bridgehead atoms. The van der Waals surface area contributed by atoms with Gasteiger partial charge in [-0.05, 0) is 0 Å². The largest absolute Gasteiger partial charge is 0.472 e. The van der Waals surface area contributed by atoms with Gasteiger partial charge in [-0.1, -0.05) is 0 Å². The molecular formula is C20H26N10O13P2. The Labute approximate surface area is 250 Å². The third-order valence-electron chi connectivity index (χ3n) is 7.03. The Morgan fingerprint density at radius 1 is 0.733 bits per heavy atom. The van der Waals surface area contributed by atoms with Crippen LogP contribution in [0, 0.1) is 0 Å². The lowest BCUT2D eigenvalue weighted by Crippen LogP contribution is -2.36. The van der Waals surface area contributed by atoms with E-state index in [0.717, 1.165) is 12.7 Å². The Bertz CT molecular complexity index is 1800. The van der Waals surface area contributed by atoms with Crippen molar-refractivity contribution in [2.24, 2.45) is 0 Å². The third kappa shape index (κ3) is 6.14. The fourth-order valence-corrected chi connectivity index (χ4v) is 6.25. The summed E-state index contributed by atoms with van der Waals surface area (Å²) in [5.41, 5.74) is 12.2. The number of aromatic nitrogens is 8. The molecule has 25 heteroatoms. The fourth-order valence-electron chi connectivity index (χ4n) is 4.95. The molecule has 0 amide bonds. The molecule has 2 aliphatic rings. The van der Waals surface area contributed by atoms with Gasteiger partial charge in [-0.3, -0.25) is 22.7 Å². The monoisotopic (exact) mass is 676 g/mol. The molecule has 0 aliphatic carbocycles. The molecule has 4 aromatic rings. The number of nitrogens with two attached hydrogens (primary N) is 2. The number of phosphoric ester groups is 2. The molecule has 10 N–H and O–H groups in total. The smallest absolute Gasteiger partial charge is 0.387 e. The number of ether oxygens (including phenoxy) is 2. The highest BCUT2D eigenvalue weighted by atomic mass is 31.2. The van der Waals surface area contributed by atoms with Gasteiger partial charge in [-0.15, -0.1) is 0 Å². The summed E-state index contributed by atoms with van der Waals surface area (Å²) in [5, 5.41) is 32.3. The van der Waals surface area contributed by atoms with Crippen LogP contribution in [0.15, 0.2) is 25.3 Å². The van der Waals surface area contributed by atoms with E-state index in [1.807, 2.05) is 0 Å². The van der Waals surface area contributed by atoms with Crippen LogP contribution in [0.1, 0.15) is 12.5 Å². The molecule has 0 saturated carbocycles. The van der Waals surface area contributed by atoms with Crippen molar-refractivity contribution in [2.45, 2.75) is 49.1 Å². The SMILES string of the molecule is Nc1ncnc2c1ncn2C1OC(COP(=O)(O)OC2C(COP(=O)(O)O)OC(n3cnc4c(N)ncnc43)C2O)C(O)C1O. The van der Waals surface area contributed by atoms with Crippen molar-refractivity contribution in [1.82, 2.24) is 39.0 Å². The fraction of sp³-hybridized carbons (Fsp3) is 0.500. The van der Waals surface area contributed by atoms with Crippen LogP contribution in [0.4, 0.5) is 11.6 Å². The van der Waals surface area contributed by atoms with Gasteiger partial charge in [-0.25, -0.2) is 39.0 Å². The summed E-state index contributed by atoms with van der Waals surface area (Å²) in [4.78, 5) is 52.8. The van der Waals surface area contributed by atoms with Crippen LogP contribution >= 0.6 is 15.6 Å². The van der Waals surface area contributed by atoms with Gasteiger partial charge >= 0.3 is 15.6 Å². The number of nitrogen functional groups attached to an aromatic ring is 2. The summed E-state index contributed by atoms with van der Waals surface area (Å²) >= 11 is 0. The summed E-state index contributed by atoms with van der Waals surface area (Å²) in [6.07, 6.45) is -7.60. The molecule has 6 heterocycles. The molecule has 0 aromatic carbocycles. The molecule has 9 atom stereocenters. The van der Waals surface area contributed by atoms with Crippen molar-refractivity contribution in [1.29, 1.82) is 0 Å². The highest BCUT2D eigenvalue weighted by molar-refractivity contribution is 7.47. The Morgan fingerprint density at radius 3 is 1.80 bits per heavy atom. The minimum Gasteiger partial charge on any atom is -0.387 e. The first-order chi connectivity index (χ1) is 21.2. The first-order valence-corrected chi connectivity index (χ1v) is 15.8. The topological polar surface area (TPSA) is 341 Å². The van der Waals surface area contributed by atoms with Gasteiger partial charge in [0.05, 0.1) is 25.9 Å². The number of rotatable bonds is 10. The molecule has 23 nitrogen and oxygen atoms in total. The molecular weight excluding hydrogens is 650 g/mol. The molecule has 45 heavy (non-hydrogen) atoms. The van der Waals surface area contributed by atoms with Crippen molar-refractivity contribution in [3.05, 3.63) is 25.3 Å². The number of hydrogen-bond donors (Lipinski definition) is 8. The lowest BCUT2D eigenvalue weighted by atomic mass is 10.1. The van der Waals surface area contributed by atoms with E-state index in [2.05, 4.69) is 34.4 Å². The van der Waals surface area contributed by atoms with Gasteiger partial charge in [0.1, 0.15) is 60.3 Å². The van der Waals surface area contributed by atoms with Crippen molar-refractivity contribution in [2.75, 3.05) is 24.7 Å². The summed E-state index contributed by atoms with van der Waals surface area (Å²) in [6.45, 7) is -1.69. The van der Waals surface area contributed by atoms with Gasteiger partial charge in [0.25, 0.3) is 0 Å². The van der Waals surface area contributed by atoms with Gasteiger partial charge in [-0.2, -0.15) is 0 Å². The zero-order valence-electron chi connectivity index (χ0n) is 22.5. The predicted octanol–water partition coefficient (Wildman–Crippen LogP) is -2.68. The lowest BCUT2D eigenvalue weighted by Gasteiger charge is -2.24. The quantitative estimate of drug-likeness (QED) is 0.0793. The summed E-state index contributed by atoms with van der Waals surface area (Å²) in [6, 6.07) is 0. The van der Waals surface area contributed by atoms with Crippen LogP contribution in [-0.2, 0) is 32.2 Å². The van der Waals surface area contributed by atoms with Gasteiger partial charge in [0.2, 0.25) is 0 Å². The second-order valence-electron chi connectivity index (χ2n) is 9.89. The average Bonchev–Trinajstić information content (AvgIpc) is 3.73. The van der Waals surface area contributed by atoms with Crippen molar-refractivity contribution in [3.63, 3.8) is 0 Å². The van der Waals surface area contributed by atoms with E-state index >= 15 is 0 Å². The molecule has 0 radical (unpaired) electrons. The molecule has 0 spiro atoms. The molecule has 9 unspecified atom stereocenters. The molecule has 2 saturated heterocycles. The predicted molar refractivity (Wildman–Crippen MR) is 144 cm³/mol.